The van der Waals surface area contributed by atoms with Crippen molar-refractivity contribution in [3.63, 3.8) is 0 Å². The number of carboxylic acid groups (broad SMARTS) is 1. The monoisotopic (exact) mass is 275 g/mol. The fourth-order valence-corrected chi connectivity index (χ4v) is 3.52. The summed E-state index contributed by atoms with van der Waals surface area (Å²) in [6.07, 6.45) is 4.48. The molecule has 2 atom stereocenters. The van der Waals surface area contributed by atoms with Gasteiger partial charge in [0, 0.05) is 17.5 Å². The molecule has 20 heavy (non-hydrogen) atoms. The minimum absolute atomic E-state index is 0.101. The zero-order valence-corrected chi connectivity index (χ0v) is 11.8. The zero-order valence-electron chi connectivity index (χ0n) is 11.8. The Balaban J connectivity index is 2.05. The number of rotatable bonds is 3. The summed E-state index contributed by atoms with van der Waals surface area (Å²) in [5.74, 6) is -0.207. The summed E-state index contributed by atoms with van der Waals surface area (Å²) in [7, 11) is 0. The average Bonchev–Trinajstić information content (AvgIpc) is 2.94. The van der Waals surface area contributed by atoms with Crippen molar-refractivity contribution in [2.45, 2.75) is 44.2 Å². The van der Waals surface area contributed by atoms with Crippen LogP contribution in [0.4, 0.5) is 0 Å². The standard InChI is InChI=1S/C16H21NO3/c1-11-10-20-14-9-5-4-8-13(14)16(11,15(18)19)17-12-6-2-3-7-12/h4-5,8-9,11-12,17H,2-3,6-7,10H2,1H3,(H,18,19). The molecule has 2 unspecified atom stereocenters. The number of fused-ring (bicyclic) bond motifs is 1. The highest BCUT2D eigenvalue weighted by Gasteiger charge is 2.51. The molecule has 1 aliphatic carbocycles. The Labute approximate surface area is 119 Å². The minimum Gasteiger partial charge on any atom is -0.493 e. The van der Waals surface area contributed by atoms with Gasteiger partial charge in [0.1, 0.15) is 5.75 Å². The summed E-state index contributed by atoms with van der Waals surface area (Å²) in [6, 6.07) is 7.79. The molecule has 2 aliphatic rings. The molecular weight excluding hydrogens is 254 g/mol. The van der Waals surface area contributed by atoms with Crippen LogP contribution in [0.1, 0.15) is 38.2 Å². The van der Waals surface area contributed by atoms with Crippen LogP contribution in [0.15, 0.2) is 24.3 Å². The number of carbonyl (C=O) groups is 1. The van der Waals surface area contributed by atoms with Crippen molar-refractivity contribution in [2.75, 3.05) is 6.61 Å². The Bertz CT molecular complexity index is 510. The first kappa shape index (κ1) is 13.4. The van der Waals surface area contributed by atoms with Crippen LogP contribution in [0.25, 0.3) is 0 Å². The Morgan fingerprint density at radius 3 is 2.75 bits per heavy atom. The van der Waals surface area contributed by atoms with Crippen molar-refractivity contribution in [3.8, 4) is 5.75 Å². The normalized spacial score (nSPS) is 29.8. The predicted molar refractivity (Wildman–Crippen MR) is 75.8 cm³/mol. The molecule has 3 rings (SSSR count). The van der Waals surface area contributed by atoms with Crippen molar-refractivity contribution >= 4 is 5.97 Å². The Hall–Kier alpha value is -1.55. The number of nitrogens with one attached hydrogen (secondary N) is 1. The quantitative estimate of drug-likeness (QED) is 0.890. The highest BCUT2D eigenvalue weighted by molar-refractivity contribution is 5.83. The van der Waals surface area contributed by atoms with E-state index >= 15 is 0 Å². The van der Waals surface area contributed by atoms with E-state index in [0.717, 1.165) is 18.4 Å². The average molecular weight is 275 g/mol. The van der Waals surface area contributed by atoms with Gasteiger partial charge in [-0.15, -0.1) is 0 Å². The van der Waals surface area contributed by atoms with Crippen molar-refractivity contribution in [2.24, 2.45) is 5.92 Å². The van der Waals surface area contributed by atoms with E-state index < -0.39 is 11.5 Å². The zero-order chi connectivity index (χ0) is 14.2. The summed E-state index contributed by atoms with van der Waals surface area (Å²) >= 11 is 0. The number of para-hydroxylation sites is 1. The summed E-state index contributed by atoms with van der Waals surface area (Å²) < 4.78 is 5.70. The van der Waals surface area contributed by atoms with Gasteiger partial charge < -0.3 is 9.84 Å². The molecule has 4 nitrogen and oxygen atoms in total. The molecule has 0 aromatic heterocycles. The first-order chi connectivity index (χ1) is 9.64. The molecule has 0 spiro atoms. The predicted octanol–water partition coefficient (Wildman–Crippen LogP) is 2.53. The molecule has 0 amide bonds. The molecule has 2 N–H and O–H groups in total. The van der Waals surface area contributed by atoms with Crippen LogP contribution in [-0.2, 0) is 10.3 Å². The second kappa shape index (κ2) is 5.09. The Morgan fingerprint density at radius 1 is 1.35 bits per heavy atom. The van der Waals surface area contributed by atoms with Gasteiger partial charge in [-0.05, 0) is 18.9 Å². The number of ether oxygens (including phenoxy) is 1. The fourth-order valence-electron chi connectivity index (χ4n) is 3.52. The van der Waals surface area contributed by atoms with Gasteiger partial charge in [0.15, 0.2) is 5.54 Å². The van der Waals surface area contributed by atoms with E-state index in [1.165, 1.54) is 12.8 Å². The maximum Gasteiger partial charge on any atom is 0.329 e. The lowest BCUT2D eigenvalue weighted by molar-refractivity contribution is -0.150. The summed E-state index contributed by atoms with van der Waals surface area (Å²) in [6.45, 7) is 2.38. The van der Waals surface area contributed by atoms with E-state index in [1.54, 1.807) is 0 Å². The molecule has 0 bridgehead atoms. The van der Waals surface area contributed by atoms with Gasteiger partial charge in [-0.25, -0.2) is 4.79 Å². The largest absolute Gasteiger partial charge is 0.493 e. The second-order valence-corrected chi connectivity index (χ2v) is 5.95. The van der Waals surface area contributed by atoms with Crippen molar-refractivity contribution in [3.05, 3.63) is 29.8 Å². The van der Waals surface area contributed by atoms with E-state index in [-0.39, 0.29) is 5.92 Å². The van der Waals surface area contributed by atoms with E-state index in [1.807, 2.05) is 31.2 Å². The fraction of sp³-hybridized carbons (Fsp3) is 0.562. The van der Waals surface area contributed by atoms with Gasteiger partial charge in [-0.2, -0.15) is 0 Å². The lowest BCUT2D eigenvalue weighted by atomic mass is 9.76. The van der Waals surface area contributed by atoms with Gasteiger partial charge in [0.25, 0.3) is 0 Å². The lowest BCUT2D eigenvalue weighted by Gasteiger charge is -2.42. The molecule has 1 heterocycles. The first-order valence-corrected chi connectivity index (χ1v) is 7.38. The Kier molecular flexibility index (Phi) is 3.42. The first-order valence-electron chi connectivity index (χ1n) is 7.38. The SMILES string of the molecule is CC1COc2ccccc2C1(NC1CCCC1)C(=O)O. The van der Waals surface area contributed by atoms with Crippen LogP contribution >= 0.6 is 0 Å². The maximum atomic E-state index is 12.1. The maximum absolute atomic E-state index is 12.1. The molecule has 0 saturated heterocycles. The molecule has 108 valence electrons. The lowest BCUT2D eigenvalue weighted by Crippen LogP contribution is -2.59. The summed E-state index contributed by atoms with van der Waals surface area (Å²) in [5, 5.41) is 13.4. The van der Waals surface area contributed by atoms with E-state index in [4.69, 9.17) is 4.74 Å². The highest BCUT2D eigenvalue weighted by atomic mass is 16.5. The van der Waals surface area contributed by atoms with Crippen LogP contribution in [0.5, 0.6) is 5.75 Å². The van der Waals surface area contributed by atoms with E-state index in [0.29, 0.717) is 18.4 Å². The smallest absolute Gasteiger partial charge is 0.329 e. The van der Waals surface area contributed by atoms with Crippen molar-refractivity contribution in [1.82, 2.24) is 5.32 Å². The minimum atomic E-state index is -1.02. The van der Waals surface area contributed by atoms with E-state index in [9.17, 15) is 9.90 Å². The second-order valence-electron chi connectivity index (χ2n) is 5.95. The molecule has 0 radical (unpaired) electrons. The summed E-state index contributed by atoms with van der Waals surface area (Å²) in [4.78, 5) is 12.1. The molecule has 4 heteroatoms. The number of hydrogen-bond donors (Lipinski definition) is 2. The van der Waals surface area contributed by atoms with Crippen LogP contribution < -0.4 is 10.1 Å². The number of hydrogen-bond acceptors (Lipinski definition) is 3. The Morgan fingerprint density at radius 2 is 2.05 bits per heavy atom. The molecule has 1 aromatic carbocycles. The van der Waals surface area contributed by atoms with Crippen LogP contribution in [-0.4, -0.2) is 23.7 Å². The third kappa shape index (κ3) is 1.99. The van der Waals surface area contributed by atoms with Crippen molar-refractivity contribution in [1.29, 1.82) is 0 Å². The van der Waals surface area contributed by atoms with Gasteiger partial charge in [0.2, 0.25) is 0 Å². The molecule has 1 fully saturated rings. The van der Waals surface area contributed by atoms with Gasteiger partial charge in [-0.1, -0.05) is 38.0 Å². The van der Waals surface area contributed by atoms with Crippen LogP contribution in [0.3, 0.4) is 0 Å². The van der Waals surface area contributed by atoms with Crippen LogP contribution in [0.2, 0.25) is 0 Å². The van der Waals surface area contributed by atoms with Gasteiger partial charge in [-0.3, -0.25) is 5.32 Å². The number of carboxylic acids is 1. The van der Waals surface area contributed by atoms with E-state index in [2.05, 4.69) is 5.32 Å². The topological polar surface area (TPSA) is 58.6 Å². The van der Waals surface area contributed by atoms with Crippen LogP contribution in [0, 0.1) is 5.92 Å². The summed E-state index contributed by atoms with van der Waals surface area (Å²) in [5.41, 5.74) is -0.262. The molecular formula is C16H21NO3. The molecule has 1 saturated carbocycles. The van der Waals surface area contributed by atoms with Crippen molar-refractivity contribution < 1.29 is 14.6 Å². The highest BCUT2D eigenvalue weighted by Crippen LogP contribution is 2.41. The third-order valence-electron chi connectivity index (χ3n) is 4.66. The molecule has 1 aliphatic heterocycles. The molecule has 1 aromatic rings. The third-order valence-corrected chi connectivity index (χ3v) is 4.66. The van der Waals surface area contributed by atoms with Gasteiger partial charge >= 0.3 is 5.97 Å². The number of aliphatic carboxylic acids is 1. The number of benzene rings is 1. The van der Waals surface area contributed by atoms with Gasteiger partial charge in [0.05, 0.1) is 6.61 Å².